The van der Waals surface area contributed by atoms with Gasteiger partial charge in [-0.1, -0.05) is 35.3 Å². The van der Waals surface area contributed by atoms with Crippen LogP contribution in [0, 0.1) is 7.14 Å². The Hall–Kier alpha value is -1.95. The van der Waals surface area contributed by atoms with Gasteiger partial charge in [0, 0.05) is 5.02 Å². The number of cyclic esters (lactones) is 1. The number of benzene rings is 3. The van der Waals surface area contributed by atoms with E-state index in [9.17, 15) is 9.59 Å². The van der Waals surface area contributed by atoms with Crippen LogP contribution in [0.2, 0.25) is 10.0 Å². The highest BCUT2D eigenvalue weighted by Gasteiger charge is 2.25. The van der Waals surface area contributed by atoms with Crippen molar-refractivity contribution in [3.8, 4) is 5.75 Å². The van der Waals surface area contributed by atoms with E-state index in [-0.39, 0.29) is 11.6 Å². The number of hydrogen-bond donors (Lipinski definition) is 0. The lowest BCUT2D eigenvalue weighted by Crippen LogP contribution is -2.10. The molecule has 5 nitrogen and oxygen atoms in total. The molecule has 0 saturated carbocycles. The van der Waals surface area contributed by atoms with Crippen molar-refractivity contribution in [3.05, 3.63) is 100 Å². The number of rotatable bonds is 4. The van der Waals surface area contributed by atoms with Crippen LogP contribution in [0.25, 0.3) is 6.08 Å². The van der Waals surface area contributed by atoms with Gasteiger partial charge in [-0.15, -0.1) is 0 Å². The highest BCUT2D eigenvalue weighted by Crippen LogP contribution is 2.31. The highest BCUT2D eigenvalue weighted by atomic mass is 127. The number of nitrogens with zero attached hydrogens (tertiary/aromatic N) is 1. The minimum atomic E-state index is -0.567. The molecule has 32 heavy (non-hydrogen) atoms. The molecular weight excluding hydrogens is 679 g/mol. The molecule has 0 saturated heterocycles. The van der Waals surface area contributed by atoms with Crippen LogP contribution < -0.4 is 4.74 Å². The largest absolute Gasteiger partial charge is 0.421 e. The van der Waals surface area contributed by atoms with E-state index in [4.69, 9.17) is 32.7 Å². The molecule has 3 aromatic carbocycles. The third kappa shape index (κ3) is 5.16. The molecule has 0 radical (unpaired) electrons. The molecular formula is C23H11Cl2I2NO4. The predicted octanol–water partition coefficient (Wildman–Crippen LogP) is 6.77. The lowest BCUT2D eigenvalue weighted by atomic mass is 10.2. The van der Waals surface area contributed by atoms with Gasteiger partial charge in [0.05, 0.1) is 23.3 Å². The summed E-state index contributed by atoms with van der Waals surface area (Å²) in [5.41, 5.74) is 1.79. The second-order valence-electron chi connectivity index (χ2n) is 6.53. The topological polar surface area (TPSA) is 65.0 Å². The smallest absolute Gasteiger partial charge is 0.363 e. The van der Waals surface area contributed by atoms with Gasteiger partial charge >= 0.3 is 11.9 Å². The molecule has 0 amide bonds. The van der Waals surface area contributed by atoms with Crippen LogP contribution in [-0.2, 0) is 9.53 Å². The Balaban J connectivity index is 1.60. The van der Waals surface area contributed by atoms with Gasteiger partial charge in [0.1, 0.15) is 0 Å². The number of hydrogen-bond acceptors (Lipinski definition) is 5. The van der Waals surface area contributed by atoms with Gasteiger partial charge < -0.3 is 9.47 Å². The fraction of sp³-hybridized carbons (Fsp3) is 0. The van der Waals surface area contributed by atoms with E-state index in [1.165, 1.54) is 0 Å². The van der Waals surface area contributed by atoms with Crippen LogP contribution in [0.1, 0.15) is 21.5 Å². The molecule has 4 rings (SSSR count). The Bertz CT molecular complexity index is 1280. The predicted molar refractivity (Wildman–Crippen MR) is 140 cm³/mol. The summed E-state index contributed by atoms with van der Waals surface area (Å²) in [6.07, 6.45) is 1.61. The standard InChI is InChI=1S/C23H11Cl2I2NO4/c24-14-7-5-13(6-8-14)22(29)31-20-17(26)9-12(10-18(20)27)11-19-23(30)32-21(28-19)15-3-1-2-4-16(15)25/h1-11H/b19-11-. The molecule has 3 aromatic rings. The second kappa shape index (κ2) is 9.90. The zero-order valence-electron chi connectivity index (χ0n) is 15.9. The van der Waals surface area contributed by atoms with Crippen LogP contribution in [0.5, 0.6) is 5.75 Å². The van der Waals surface area contributed by atoms with E-state index in [1.54, 1.807) is 66.7 Å². The summed E-state index contributed by atoms with van der Waals surface area (Å²) in [4.78, 5) is 29.1. The second-order valence-corrected chi connectivity index (χ2v) is 9.69. The lowest BCUT2D eigenvalue weighted by Gasteiger charge is -2.10. The minimum Gasteiger partial charge on any atom is -0.421 e. The Kier molecular flexibility index (Phi) is 7.18. The summed E-state index contributed by atoms with van der Waals surface area (Å²) in [5, 5.41) is 0.977. The fourth-order valence-electron chi connectivity index (χ4n) is 2.81. The van der Waals surface area contributed by atoms with Crippen molar-refractivity contribution in [2.45, 2.75) is 0 Å². The Labute approximate surface area is 220 Å². The van der Waals surface area contributed by atoms with Gasteiger partial charge in [0.15, 0.2) is 11.4 Å². The monoisotopic (exact) mass is 689 g/mol. The van der Waals surface area contributed by atoms with Crippen molar-refractivity contribution in [2.75, 3.05) is 0 Å². The third-order valence-corrected chi connectivity index (χ3v) is 6.51. The Morgan fingerprint density at radius 2 is 1.66 bits per heavy atom. The van der Waals surface area contributed by atoms with Crippen LogP contribution >= 0.6 is 68.4 Å². The maximum atomic E-state index is 12.5. The van der Waals surface area contributed by atoms with E-state index in [0.717, 1.165) is 0 Å². The maximum Gasteiger partial charge on any atom is 0.363 e. The molecule has 9 heteroatoms. The first-order valence-corrected chi connectivity index (χ1v) is 12.0. The van der Waals surface area contributed by atoms with Crippen LogP contribution in [-0.4, -0.2) is 17.8 Å². The molecule has 1 heterocycles. The SMILES string of the molecule is O=C1OC(c2ccccc2Cl)=N/C1=C\c1cc(I)c(OC(=O)c2ccc(Cl)cc2)c(I)c1. The summed E-state index contributed by atoms with van der Waals surface area (Å²) in [5.74, 6) is -0.465. The van der Waals surface area contributed by atoms with Crippen molar-refractivity contribution in [1.82, 2.24) is 0 Å². The number of carbonyl (C=O) groups is 2. The first-order valence-electron chi connectivity index (χ1n) is 9.06. The maximum absolute atomic E-state index is 12.5. The van der Waals surface area contributed by atoms with Crippen LogP contribution in [0.3, 0.4) is 0 Å². The average Bonchev–Trinajstić information content (AvgIpc) is 3.11. The lowest BCUT2D eigenvalue weighted by molar-refractivity contribution is -0.129. The van der Waals surface area contributed by atoms with Gasteiger partial charge in [0.2, 0.25) is 5.90 Å². The summed E-state index contributed by atoms with van der Waals surface area (Å²) in [6, 6.07) is 17.0. The number of esters is 2. The van der Waals surface area contributed by atoms with E-state index in [1.807, 2.05) is 0 Å². The van der Waals surface area contributed by atoms with Crippen molar-refractivity contribution >= 4 is 92.3 Å². The number of ether oxygens (including phenoxy) is 2. The molecule has 0 atom stereocenters. The van der Waals surface area contributed by atoms with Crippen LogP contribution in [0.15, 0.2) is 71.4 Å². The summed E-state index contributed by atoms with van der Waals surface area (Å²) in [6.45, 7) is 0. The van der Waals surface area contributed by atoms with E-state index in [2.05, 4.69) is 50.2 Å². The van der Waals surface area contributed by atoms with E-state index >= 15 is 0 Å². The zero-order chi connectivity index (χ0) is 22.8. The Morgan fingerprint density at radius 1 is 1.00 bits per heavy atom. The highest BCUT2D eigenvalue weighted by molar-refractivity contribution is 14.1. The van der Waals surface area contributed by atoms with Crippen molar-refractivity contribution < 1.29 is 19.1 Å². The number of aliphatic imine (C=N–C) groups is 1. The van der Waals surface area contributed by atoms with Gasteiger partial charge in [-0.2, -0.15) is 0 Å². The van der Waals surface area contributed by atoms with Gasteiger partial charge in [-0.05, 0) is 105 Å². The Morgan fingerprint density at radius 3 is 2.31 bits per heavy atom. The summed E-state index contributed by atoms with van der Waals surface area (Å²) in [7, 11) is 0. The normalized spacial score (nSPS) is 14.3. The molecule has 0 bridgehead atoms. The van der Waals surface area contributed by atoms with Crippen molar-refractivity contribution in [1.29, 1.82) is 0 Å². The summed E-state index contributed by atoms with van der Waals surface area (Å²) >= 11 is 16.2. The van der Waals surface area contributed by atoms with E-state index in [0.29, 0.717) is 39.6 Å². The fourth-order valence-corrected chi connectivity index (χ4v) is 5.19. The van der Waals surface area contributed by atoms with Gasteiger partial charge in [-0.3, -0.25) is 0 Å². The van der Waals surface area contributed by atoms with Crippen molar-refractivity contribution in [2.24, 2.45) is 4.99 Å². The molecule has 1 aliphatic heterocycles. The first kappa shape index (κ1) is 23.2. The third-order valence-electron chi connectivity index (χ3n) is 4.32. The molecule has 0 aromatic heterocycles. The first-order chi connectivity index (χ1) is 15.3. The molecule has 0 N–H and O–H groups in total. The number of halogens is 4. The van der Waals surface area contributed by atoms with E-state index < -0.39 is 11.9 Å². The van der Waals surface area contributed by atoms with Crippen LogP contribution in [0.4, 0.5) is 0 Å². The zero-order valence-corrected chi connectivity index (χ0v) is 21.8. The minimum absolute atomic E-state index is 0.150. The number of carbonyl (C=O) groups excluding carboxylic acids is 2. The molecule has 0 unspecified atom stereocenters. The van der Waals surface area contributed by atoms with Crippen molar-refractivity contribution in [3.63, 3.8) is 0 Å². The molecule has 0 fully saturated rings. The molecule has 1 aliphatic rings. The quantitative estimate of drug-likeness (QED) is 0.131. The summed E-state index contributed by atoms with van der Waals surface area (Å²) < 4.78 is 12.3. The average molecular weight is 690 g/mol. The van der Waals surface area contributed by atoms with Gasteiger partial charge in [-0.25, -0.2) is 14.6 Å². The van der Waals surface area contributed by atoms with Gasteiger partial charge in [0.25, 0.3) is 0 Å². The molecule has 0 aliphatic carbocycles. The molecule has 160 valence electrons. The molecule has 0 spiro atoms.